The third-order valence-corrected chi connectivity index (χ3v) is 3.81. The van der Waals surface area contributed by atoms with Gasteiger partial charge in [0.25, 0.3) is 0 Å². The second kappa shape index (κ2) is 9.85. The van der Waals surface area contributed by atoms with Crippen LogP contribution in [-0.2, 0) is 4.79 Å². The van der Waals surface area contributed by atoms with Crippen molar-refractivity contribution < 1.29 is 14.3 Å². The highest BCUT2D eigenvalue weighted by molar-refractivity contribution is 6.32. The van der Waals surface area contributed by atoms with Gasteiger partial charge in [0.15, 0.2) is 0 Å². The number of likely N-dealkylation sites (N-methyl/N-ethyl adjacent to an activating group) is 1. The van der Waals surface area contributed by atoms with Gasteiger partial charge in [0.1, 0.15) is 18.1 Å². The Kier molecular flexibility index (Phi) is 7.51. The quantitative estimate of drug-likeness (QED) is 0.711. The Morgan fingerprint density at radius 3 is 2.73 bits per heavy atom. The molecule has 0 bridgehead atoms. The molecule has 0 saturated carbocycles. The Balaban J connectivity index is 1.94. The standard InChI is InChI=1S/C20H23ClN2O3/c1-23(2)11-12-26-19-9-8-16(14-18(19)21)22-20(24)10-7-15-5-4-6-17(13-15)25-3/h4-10,13-14H,11-12H2,1-3H3,(H,22,24)/b10-7+. The molecular formula is C20H23ClN2O3. The normalized spacial score (nSPS) is 11.0. The van der Waals surface area contributed by atoms with Crippen LogP contribution in [-0.4, -0.2) is 45.2 Å². The number of amides is 1. The Labute approximate surface area is 159 Å². The highest BCUT2D eigenvalue weighted by Gasteiger charge is 2.05. The van der Waals surface area contributed by atoms with Crippen molar-refractivity contribution in [3.8, 4) is 11.5 Å². The number of nitrogens with one attached hydrogen (secondary N) is 1. The van der Waals surface area contributed by atoms with Crippen molar-refractivity contribution in [1.29, 1.82) is 0 Å². The van der Waals surface area contributed by atoms with Gasteiger partial charge in [-0.3, -0.25) is 4.79 Å². The Hall–Kier alpha value is -2.50. The lowest BCUT2D eigenvalue weighted by atomic mass is 10.2. The molecule has 26 heavy (non-hydrogen) atoms. The third kappa shape index (κ3) is 6.43. The van der Waals surface area contributed by atoms with E-state index < -0.39 is 0 Å². The second-order valence-electron chi connectivity index (χ2n) is 5.90. The number of benzene rings is 2. The van der Waals surface area contributed by atoms with Crippen molar-refractivity contribution >= 4 is 29.3 Å². The smallest absolute Gasteiger partial charge is 0.248 e. The number of rotatable bonds is 8. The molecule has 138 valence electrons. The maximum Gasteiger partial charge on any atom is 0.248 e. The van der Waals surface area contributed by atoms with E-state index in [2.05, 4.69) is 5.32 Å². The molecule has 0 atom stereocenters. The van der Waals surface area contributed by atoms with Gasteiger partial charge in [-0.05, 0) is 56.1 Å². The van der Waals surface area contributed by atoms with E-state index in [4.69, 9.17) is 21.1 Å². The zero-order valence-corrected chi connectivity index (χ0v) is 15.9. The molecule has 0 aliphatic carbocycles. The van der Waals surface area contributed by atoms with E-state index in [0.717, 1.165) is 17.9 Å². The zero-order valence-electron chi connectivity index (χ0n) is 15.2. The topological polar surface area (TPSA) is 50.8 Å². The zero-order chi connectivity index (χ0) is 18.9. The van der Waals surface area contributed by atoms with Crippen molar-refractivity contribution in [2.45, 2.75) is 0 Å². The van der Waals surface area contributed by atoms with Crippen molar-refractivity contribution in [2.24, 2.45) is 0 Å². The summed E-state index contributed by atoms with van der Waals surface area (Å²) in [5, 5.41) is 3.23. The highest BCUT2D eigenvalue weighted by Crippen LogP contribution is 2.27. The van der Waals surface area contributed by atoms with Gasteiger partial charge in [-0.15, -0.1) is 0 Å². The predicted octanol–water partition coefficient (Wildman–Crippen LogP) is 3.94. The van der Waals surface area contributed by atoms with Gasteiger partial charge >= 0.3 is 0 Å². The van der Waals surface area contributed by atoms with Gasteiger partial charge in [0.2, 0.25) is 5.91 Å². The number of methoxy groups -OCH3 is 1. The molecule has 0 aliphatic rings. The number of anilines is 1. The van der Waals surface area contributed by atoms with Gasteiger partial charge in [-0.2, -0.15) is 0 Å². The summed E-state index contributed by atoms with van der Waals surface area (Å²) in [6, 6.07) is 12.6. The minimum atomic E-state index is -0.245. The van der Waals surface area contributed by atoms with E-state index in [-0.39, 0.29) is 5.91 Å². The van der Waals surface area contributed by atoms with Crippen molar-refractivity contribution in [3.63, 3.8) is 0 Å². The van der Waals surface area contributed by atoms with E-state index in [0.29, 0.717) is 23.1 Å². The summed E-state index contributed by atoms with van der Waals surface area (Å²) in [7, 11) is 5.55. The number of carbonyl (C=O) groups excluding carboxylic acids is 1. The van der Waals surface area contributed by atoms with Crippen LogP contribution in [0.5, 0.6) is 11.5 Å². The van der Waals surface area contributed by atoms with Gasteiger partial charge in [0.05, 0.1) is 12.1 Å². The molecule has 6 heteroatoms. The molecule has 2 aromatic carbocycles. The number of hydrogen-bond donors (Lipinski definition) is 1. The molecule has 1 amide bonds. The first-order valence-corrected chi connectivity index (χ1v) is 8.56. The first-order chi connectivity index (χ1) is 12.5. The number of halogens is 1. The largest absolute Gasteiger partial charge is 0.497 e. The number of carbonyl (C=O) groups is 1. The van der Waals surface area contributed by atoms with E-state index in [9.17, 15) is 4.79 Å². The molecule has 0 fully saturated rings. The lowest BCUT2D eigenvalue weighted by molar-refractivity contribution is -0.111. The van der Waals surface area contributed by atoms with Crippen LogP contribution in [0.25, 0.3) is 6.08 Å². The Bertz CT molecular complexity index is 775. The SMILES string of the molecule is COc1cccc(/C=C/C(=O)Nc2ccc(OCCN(C)C)c(Cl)c2)c1. The van der Waals surface area contributed by atoms with Gasteiger partial charge in [-0.1, -0.05) is 23.7 Å². The maximum absolute atomic E-state index is 12.1. The molecule has 0 saturated heterocycles. The minimum absolute atomic E-state index is 0.245. The number of nitrogens with zero attached hydrogens (tertiary/aromatic N) is 1. The monoisotopic (exact) mass is 374 g/mol. The number of hydrogen-bond acceptors (Lipinski definition) is 4. The molecule has 0 spiro atoms. The molecular weight excluding hydrogens is 352 g/mol. The van der Waals surface area contributed by atoms with Gasteiger partial charge in [-0.25, -0.2) is 0 Å². The maximum atomic E-state index is 12.1. The van der Waals surface area contributed by atoms with Crippen LogP contribution in [0.3, 0.4) is 0 Å². The fourth-order valence-electron chi connectivity index (χ4n) is 2.13. The third-order valence-electron chi connectivity index (χ3n) is 3.52. The van der Waals surface area contributed by atoms with Crippen LogP contribution in [0, 0.1) is 0 Å². The molecule has 5 nitrogen and oxygen atoms in total. The molecule has 0 heterocycles. The molecule has 0 radical (unpaired) electrons. The summed E-state index contributed by atoms with van der Waals surface area (Å²) in [6.45, 7) is 1.34. The lowest BCUT2D eigenvalue weighted by Gasteiger charge is -2.12. The molecule has 0 unspecified atom stereocenters. The molecule has 1 N–H and O–H groups in total. The van der Waals surface area contributed by atoms with E-state index in [1.54, 1.807) is 31.4 Å². The molecule has 2 rings (SSSR count). The summed E-state index contributed by atoms with van der Waals surface area (Å²) in [5.41, 5.74) is 1.48. The summed E-state index contributed by atoms with van der Waals surface area (Å²) in [5.74, 6) is 1.09. The first kappa shape index (κ1) is 19.8. The fraction of sp³-hybridized carbons (Fsp3) is 0.250. The molecule has 2 aromatic rings. The van der Waals surface area contributed by atoms with Crippen LogP contribution >= 0.6 is 11.6 Å². The first-order valence-electron chi connectivity index (χ1n) is 8.18. The Morgan fingerprint density at radius 2 is 2.04 bits per heavy atom. The minimum Gasteiger partial charge on any atom is -0.497 e. The van der Waals surface area contributed by atoms with E-state index in [1.165, 1.54) is 6.08 Å². The van der Waals surface area contributed by atoms with Crippen LogP contribution in [0.2, 0.25) is 5.02 Å². The Morgan fingerprint density at radius 1 is 1.23 bits per heavy atom. The molecule has 0 aromatic heterocycles. The van der Waals surface area contributed by atoms with E-state index in [1.807, 2.05) is 43.3 Å². The van der Waals surface area contributed by atoms with Crippen LogP contribution in [0.4, 0.5) is 5.69 Å². The fourth-order valence-corrected chi connectivity index (χ4v) is 2.37. The lowest BCUT2D eigenvalue weighted by Crippen LogP contribution is -2.19. The summed E-state index contributed by atoms with van der Waals surface area (Å²) < 4.78 is 10.8. The number of ether oxygens (including phenoxy) is 2. The average Bonchev–Trinajstić information content (AvgIpc) is 2.62. The van der Waals surface area contributed by atoms with Crippen LogP contribution < -0.4 is 14.8 Å². The second-order valence-corrected chi connectivity index (χ2v) is 6.30. The highest BCUT2D eigenvalue weighted by atomic mass is 35.5. The van der Waals surface area contributed by atoms with E-state index >= 15 is 0 Å². The predicted molar refractivity (Wildman–Crippen MR) is 106 cm³/mol. The molecule has 0 aliphatic heterocycles. The average molecular weight is 375 g/mol. The van der Waals surface area contributed by atoms with Crippen LogP contribution in [0.15, 0.2) is 48.5 Å². The van der Waals surface area contributed by atoms with Crippen LogP contribution in [0.1, 0.15) is 5.56 Å². The summed E-state index contributed by atoms with van der Waals surface area (Å²) in [4.78, 5) is 14.1. The van der Waals surface area contributed by atoms with Crippen molar-refractivity contribution in [2.75, 3.05) is 39.7 Å². The summed E-state index contributed by atoms with van der Waals surface area (Å²) in [6.07, 6.45) is 3.18. The van der Waals surface area contributed by atoms with Crippen molar-refractivity contribution in [1.82, 2.24) is 4.90 Å². The van der Waals surface area contributed by atoms with Crippen molar-refractivity contribution in [3.05, 3.63) is 59.1 Å². The van der Waals surface area contributed by atoms with Gasteiger partial charge < -0.3 is 19.7 Å². The summed E-state index contributed by atoms with van der Waals surface area (Å²) >= 11 is 6.21. The van der Waals surface area contributed by atoms with Gasteiger partial charge in [0, 0.05) is 18.3 Å².